The molecule has 38 heavy (non-hydrogen) atoms. The van der Waals surface area contributed by atoms with E-state index >= 15 is 0 Å². The van der Waals surface area contributed by atoms with Crippen molar-refractivity contribution in [2.45, 2.75) is 45.8 Å². The van der Waals surface area contributed by atoms with E-state index < -0.39 is 5.60 Å². The Morgan fingerprint density at radius 3 is 2.47 bits per heavy atom. The first kappa shape index (κ1) is 26.8. The highest BCUT2D eigenvalue weighted by Crippen LogP contribution is 2.29. The van der Waals surface area contributed by atoms with Gasteiger partial charge in [-0.2, -0.15) is 5.26 Å². The molecule has 0 spiro atoms. The molecule has 11 nitrogen and oxygen atoms in total. The van der Waals surface area contributed by atoms with Gasteiger partial charge in [-0.1, -0.05) is 24.3 Å². The first-order chi connectivity index (χ1) is 18.2. The zero-order valence-electron chi connectivity index (χ0n) is 21.8. The number of carbonyl (C=O) groups excluding carboxylic acids is 1. The predicted octanol–water partition coefficient (Wildman–Crippen LogP) is 4.10. The van der Waals surface area contributed by atoms with Gasteiger partial charge in [0.1, 0.15) is 23.2 Å². The fourth-order valence-corrected chi connectivity index (χ4v) is 4.05. The molecule has 3 heterocycles. The Kier molecular flexibility index (Phi) is 8.33. The van der Waals surface area contributed by atoms with Gasteiger partial charge in [-0.3, -0.25) is 0 Å². The normalized spacial score (nSPS) is 14.0. The van der Waals surface area contributed by atoms with Gasteiger partial charge in [0.2, 0.25) is 0 Å². The van der Waals surface area contributed by atoms with E-state index in [1.54, 1.807) is 4.90 Å². The van der Waals surface area contributed by atoms with Crippen molar-refractivity contribution in [3.8, 4) is 17.3 Å². The van der Waals surface area contributed by atoms with Crippen molar-refractivity contribution in [2.75, 3.05) is 30.3 Å². The van der Waals surface area contributed by atoms with Gasteiger partial charge in [0, 0.05) is 31.3 Å². The summed E-state index contributed by atoms with van der Waals surface area (Å²) in [5.74, 6) is 1.29. The summed E-state index contributed by atoms with van der Waals surface area (Å²) in [6.45, 7) is 7.58. The summed E-state index contributed by atoms with van der Waals surface area (Å²) in [4.78, 5) is 22.4. The molecule has 1 fully saturated rings. The van der Waals surface area contributed by atoms with Gasteiger partial charge in [0.15, 0.2) is 11.5 Å². The van der Waals surface area contributed by atoms with Crippen LogP contribution in [0.25, 0.3) is 11.3 Å². The van der Waals surface area contributed by atoms with Crippen molar-refractivity contribution >= 4 is 23.4 Å². The highest BCUT2D eigenvalue weighted by Gasteiger charge is 2.27. The average molecular weight is 517 g/mol. The number of aromatic nitrogens is 4. The van der Waals surface area contributed by atoms with Crippen LogP contribution in [0.4, 0.5) is 22.1 Å². The molecular formula is C27H32N8O3. The van der Waals surface area contributed by atoms with E-state index in [-0.39, 0.29) is 18.4 Å². The summed E-state index contributed by atoms with van der Waals surface area (Å²) in [7, 11) is 0. The van der Waals surface area contributed by atoms with E-state index in [0.29, 0.717) is 42.9 Å². The molecule has 1 saturated heterocycles. The number of benzene rings is 1. The Bertz CT molecular complexity index is 1280. The summed E-state index contributed by atoms with van der Waals surface area (Å²) >= 11 is 0. The zero-order valence-corrected chi connectivity index (χ0v) is 21.8. The third kappa shape index (κ3) is 7.14. The van der Waals surface area contributed by atoms with Crippen LogP contribution >= 0.6 is 0 Å². The number of hydrogen-bond acceptors (Lipinski definition) is 10. The Balaban J connectivity index is 1.47. The first-order valence-corrected chi connectivity index (χ1v) is 12.5. The maximum absolute atomic E-state index is 12.4. The molecule has 1 amide bonds. The number of nitriles is 1. The topological polar surface area (TPSA) is 149 Å². The summed E-state index contributed by atoms with van der Waals surface area (Å²) in [5, 5.41) is 33.7. The Morgan fingerprint density at radius 1 is 1.13 bits per heavy atom. The molecule has 198 valence electrons. The Labute approximate surface area is 221 Å². The van der Waals surface area contributed by atoms with Gasteiger partial charge in [-0.15, -0.1) is 10.2 Å². The Morgan fingerprint density at radius 2 is 1.87 bits per heavy atom. The van der Waals surface area contributed by atoms with Crippen molar-refractivity contribution in [2.24, 2.45) is 5.92 Å². The summed E-state index contributed by atoms with van der Waals surface area (Å²) in [5.41, 5.74) is 2.85. The number of rotatable bonds is 7. The second-order valence-corrected chi connectivity index (χ2v) is 10.2. The molecule has 0 radical (unpaired) electrons. The molecule has 1 aromatic carbocycles. The molecule has 2 aromatic heterocycles. The van der Waals surface area contributed by atoms with Gasteiger partial charge < -0.3 is 25.4 Å². The van der Waals surface area contributed by atoms with Crippen LogP contribution in [0.3, 0.4) is 0 Å². The van der Waals surface area contributed by atoms with Crippen LogP contribution in [0.5, 0.6) is 0 Å². The van der Waals surface area contributed by atoms with Crippen LogP contribution in [-0.2, 0) is 11.3 Å². The SMILES string of the molecule is CC(C)(C)OC(=O)N1CCC(CNc2cc(Nc3cnc(C#N)cn3)nnc2-c2ccc(CO)cc2)CC1. The van der Waals surface area contributed by atoms with Crippen molar-refractivity contribution in [1.82, 2.24) is 25.1 Å². The second-order valence-electron chi connectivity index (χ2n) is 10.2. The average Bonchev–Trinajstić information content (AvgIpc) is 2.92. The van der Waals surface area contributed by atoms with E-state index in [1.165, 1.54) is 12.4 Å². The van der Waals surface area contributed by atoms with Gasteiger partial charge in [0.25, 0.3) is 0 Å². The quantitative estimate of drug-likeness (QED) is 0.419. The summed E-state index contributed by atoms with van der Waals surface area (Å²) < 4.78 is 5.51. The number of aliphatic hydroxyl groups is 1. The molecule has 11 heteroatoms. The number of ether oxygens (including phenoxy) is 1. The summed E-state index contributed by atoms with van der Waals surface area (Å²) in [6, 6.07) is 11.3. The lowest BCUT2D eigenvalue weighted by Gasteiger charge is -2.33. The number of nitrogens with one attached hydrogen (secondary N) is 2. The third-order valence-electron chi connectivity index (χ3n) is 6.07. The fraction of sp³-hybridized carbons (Fsp3) is 0.407. The van der Waals surface area contributed by atoms with Gasteiger partial charge in [-0.25, -0.2) is 14.8 Å². The van der Waals surface area contributed by atoms with Crippen LogP contribution in [-0.4, -0.2) is 61.5 Å². The summed E-state index contributed by atoms with van der Waals surface area (Å²) in [6.07, 6.45) is 4.30. The lowest BCUT2D eigenvalue weighted by Crippen LogP contribution is -2.42. The van der Waals surface area contributed by atoms with Crippen LogP contribution in [0.2, 0.25) is 0 Å². The van der Waals surface area contributed by atoms with Crippen molar-refractivity contribution < 1.29 is 14.6 Å². The predicted molar refractivity (Wildman–Crippen MR) is 142 cm³/mol. The van der Waals surface area contributed by atoms with Crippen LogP contribution in [0.15, 0.2) is 42.7 Å². The van der Waals surface area contributed by atoms with Gasteiger partial charge >= 0.3 is 6.09 Å². The number of hydrogen-bond donors (Lipinski definition) is 3. The van der Waals surface area contributed by atoms with Crippen molar-refractivity contribution in [3.05, 3.63) is 54.0 Å². The first-order valence-electron chi connectivity index (χ1n) is 12.5. The minimum absolute atomic E-state index is 0.0342. The number of aliphatic hydroxyl groups excluding tert-OH is 1. The number of nitrogens with zero attached hydrogens (tertiary/aromatic N) is 6. The van der Waals surface area contributed by atoms with Gasteiger partial charge in [0.05, 0.1) is 24.7 Å². The molecular weight excluding hydrogens is 484 g/mol. The number of likely N-dealkylation sites (tertiary alicyclic amines) is 1. The number of carbonyl (C=O) groups is 1. The minimum Gasteiger partial charge on any atom is -0.444 e. The smallest absolute Gasteiger partial charge is 0.410 e. The zero-order chi connectivity index (χ0) is 27.1. The lowest BCUT2D eigenvalue weighted by atomic mass is 9.97. The monoisotopic (exact) mass is 516 g/mol. The van der Waals surface area contributed by atoms with Crippen LogP contribution < -0.4 is 10.6 Å². The van der Waals surface area contributed by atoms with E-state index in [1.807, 2.05) is 57.2 Å². The fourth-order valence-electron chi connectivity index (χ4n) is 4.05. The molecule has 1 aliphatic heterocycles. The number of anilines is 3. The molecule has 0 aliphatic carbocycles. The standard InChI is InChI=1S/C27H32N8O3/c1-27(2,3)38-26(37)35-10-8-18(9-11-35)14-30-22-12-23(32-24-16-29-21(13-28)15-31-24)33-34-25(22)20-6-4-19(17-36)5-7-20/h4-7,12,15-16,18,36H,8-11,14,17H2,1-3H3,(H2,30,31,32,33). The minimum atomic E-state index is -0.509. The van der Waals surface area contributed by atoms with Crippen molar-refractivity contribution in [1.29, 1.82) is 5.26 Å². The van der Waals surface area contributed by atoms with E-state index in [0.717, 1.165) is 29.7 Å². The largest absolute Gasteiger partial charge is 0.444 e. The van der Waals surface area contributed by atoms with E-state index in [4.69, 9.17) is 10.00 Å². The number of piperidine rings is 1. The van der Waals surface area contributed by atoms with Crippen LogP contribution in [0, 0.1) is 17.2 Å². The second kappa shape index (κ2) is 11.8. The Hall–Kier alpha value is -4.30. The molecule has 3 N–H and O–H groups in total. The van der Waals surface area contributed by atoms with Crippen LogP contribution in [0.1, 0.15) is 44.9 Å². The number of amides is 1. The molecule has 1 aliphatic rings. The highest BCUT2D eigenvalue weighted by atomic mass is 16.6. The lowest BCUT2D eigenvalue weighted by molar-refractivity contribution is 0.0188. The van der Waals surface area contributed by atoms with E-state index in [2.05, 4.69) is 30.8 Å². The maximum atomic E-state index is 12.4. The maximum Gasteiger partial charge on any atom is 0.410 e. The molecule has 0 bridgehead atoms. The third-order valence-corrected chi connectivity index (χ3v) is 6.07. The van der Waals surface area contributed by atoms with Crippen molar-refractivity contribution in [3.63, 3.8) is 0 Å². The molecule has 4 rings (SSSR count). The van der Waals surface area contributed by atoms with Gasteiger partial charge in [-0.05, 0) is 45.1 Å². The highest BCUT2D eigenvalue weighted by molar-refractivity contribution is 5.76. The molecule has 0 unspecified atom stereocenters. The van der Waals surface area contributed by atoms with E-state index in [9.17, 15) is 9.90 Å². The molecule has 0 saturated carbocycles. The molecule has 0 atom stereocenters. The molecule has 3 aromatic rings.